The van der Waals surface area contributed by atoms with E-state index in [9.17, 15) is 9.90 Å². The van der Waals surface area contributed by atoms with Gasteiger partial charge in [0.05, 0.1) is 5.56 Å². The predicted molar refractivity (Wildman–Crippen MR) is 111 cm³/mol. The quantitative estimate of drug-likeness (QED) is 0.671. The van der Waals surface area contributed by atoms with Crippen LogP contribution in [0.5, 0.6) is 5.75 Å². The first-order chi connectivity index (χ1) is 13.5. The molecule has 0 unspecified atom stereocenters. The maximum absolute atomic E-state index is 13.1. The van der Waals surface area contributed by atoms with Crippen LogP contribution in [0.25, 0.3) is 11.0 Å². The van der Waals surface area contributed by atoms with Crippen molar-refractivity contribution in [1.82, 2.24) is 4.90 Å². The first kappa shape index (κ1) is 18.6. The van der Waals surface area contributed by atoms with Gasteiger partial charge >= 0.3 is 0 Å². The number of phenolic OH excluding ortho intramolecular Hbond substituents is 1. The van der Waals surface area contributed by atoms with Gasteiger partial charge in [0.15, 0.2) is 0 Å². The number of benzene rings is 2. The summed E-state index contributed by atoms with van der Waals surface area (Å²) in [5.74, 6) is 0.557. The number of hydrogen-bond acceptors (Lipinski definition) is 4. The van der Waals surface area contributed by atoms with Crippen LogP contribution in [-0.2, 0) is 6.54 Å². The van der Waals surface area contributed by atoms with E-state index in [-0.39, 0.29) is 11.7 Å². The fourth-order valence-corrected chi connectivity index (χ4v) is 4.06. The Hall–Kier alpha value is -2.79. The van der Waals surface area contributed by atoms with Gasteiger partial charge in [-0.3, -0.25) is 9.69 Å². The molecule has 0 saturated carbocycles. The number of piperidine rings is 1. The Labute approximate surface area is 165 Å². The molecule has 5 heteroatoms. The maximum Gasteiger partial charge on any atom is 0.259 e. The number of carbonyl (C=O) groups is 1. The highest BCUT2D eigenvalue weighted by atomic mass is 16.3. The van der Waals surface area contributed by atoms with Gasteiger partial charge < -0.3 is 14.8 Å². The number of likely N-dealkylation sites (tertiary alicyclic amines) is 1. The third-order valence-electron chi connectivity index (χ3n) is 5.45. The van der Waals surface area contributed by atoms with Gasteiger partial charge in [-0.05, 0) is 69.6 Å². The molecule has 0 aliphatic carbocycles. The zero-order chi connectivity index (χ0) is 19.7. The van der Waals surface area contributed by atoms with Crippen LogP contribution < -0.4 is 5.32 Å². The molecule has 0 atom stereocenters. The number of amides is 1. The summed E-state index contributed by atoms with van der Waals surface area (Å²) in [6, 6.07) is 11.1. The Morgan fingerprint density at radius 1 is 1.14 bits per heavy atom. The molecule has 0 radical (unpaired) electrons. The Bertz CT molecular complexity index is 1020. The van der Waals surface area contributed by atoms with E-state index in [0.29, 0.717) is 28.8 Å². The van der Waals surface area contributed by atoms with Gasteiger partial charge in [-0.2, -0.15) is 0 Å². The zero-order valence-electron chi connectivity index (χ0n) is 16.4. The van der Waals surface area contributed by atoms with Gasteiger partial charge in [-0.25, -0.2) is 0 Å². The van der Waals surface area contributed by atoms with Crippen LogP contribution in [0.4, 0.5) is 5.69 Å². The minimum absolute atomic E-state index is 0.212. The molecule has 1 saturated heterocycles. The van der Waals surface area contributed by atoms with E-state index in [0.717, 1.165) is 29.9 Å². The number of nitrogens with zero attached hydrogens (tertiary/aromatic N) is 1. The number of aromatic hydroxyl groups is 1. The highest BCUT2D eigenvalue weighted by Crippen LogP contribution is 2.35. The molecule has 1 fully saturated rings. The number of phenols is 1. The van der Waals surface area contributed by atoms with Gasteiger partial charge in [0.2, 0.25) is 0 Å². The van der Waals surface area contributed by atoms with Gasteiger partial charge in [0.1, 0.15) is 17.1 Å². The summed E-state index contributed by atoms with van der Waals surface area (Å²) in [5, 5.41) is 14.3. The topological polar surface area (TPSA) is 65.7 Å². The molecule has 1 aliphatic rings. The van der Waals surface area contributed by atoms with Crippen molar-refractivity contribution in [2.75, 3.05) is 18.4 Å². The second kappa shape index (κ2) is 7.68. The molecule has 28 heavy (non-hydrogen) atoms. The van der Waals surface area contributed by atoms with Crippen molar-refractivity contribution in [2.24, 2.45) is 0 Å². The van der Waals surface area contributed by atoms with Crippen LogP contribution in [0.2, 0.25) is 0 Å². The molecule has 2 aromatic carbocycles. The summed E-state index contributed by atoms with van der Waals surface area (Å²) in [5.41, 5.74) is 3.73. The monoisotopic (exact) mass is 378 g/mol. The van der Waals surface area contributed by atoms with Crippen molar-refractivity contribution in [1.29, 1.82) is 0 Å². The Morgan fingerprint density at radius 2 is 1.93 bits per heavy atom. The number of rotatable bonds is 4. The SMILES string of the molecule is Cc1cccc(NC(=O)c2c(C)oc3ccc(O)c(CN4CCCCC4)c23)c1. The van der Waals surface area contributed by atoms with Crippen LogP contribution in [0.3, 0.4) is 0 Å². The van der Waals surface area contributed by atoms with Gasteiger partial charge in [-0.15, -0.1) is 0 Å². The van der Waals surface area contributed by atoms with Gasteiger partial charge in [-0.1, -0.05) is 18.6 Å². The van der Waals surface area contributed by atoms with E-state index < -0.39 is 0 Å². The first-order valence-electron chi connectivity index (χ1n) is 9.87. The Balaban J connectivity index is 1.74. The number of carbonyl (C=O) groups excluding carboxylic acids is 1. The summed E-state index contributed by atoms with van der Waals surface area (Å²) >= 11 is 0. The molecule has 3 aromatic rings. The first-order valence-corrected chi connectivity index (χ1v) is 9.87. The number of aryl methyl sites for hydroxylation is 2. The predicted octanol–water partition coefficient (Wildman–Crippen LogP) is 4.99. The molecule has 0 spiro atoms. The normalized spacial score (nSPS) is 15.1. The maximum atomic E-state index is 13.1. The molecule has 2 heterocycles. The molecule has 146 valence electrons. The highest BCUT2D eigenvalue weighted by molar-refractivity contribution is 6.14. The molecule has 2 N–H and O–H groups in total. The second-order valence-corrected chi connectivity index (χ2v) is 7.63. The zero-order valence-corrected chi connectivity index (χ0v) is 16.4. The summed E-state index contributed by atoms with van der Waals surface area (Å²) < 4.78 is 5.88. The number of fused-ring (bicyclic) bond motifs is 1. The molecule has 0 bridgehead atoms. The van der Waals surface area contributed by atoms with Crippen molar-refractivity contribution in [3.05, 3.63) is 58.8 Å². The van der Waals surface area contributed by atoms with Gasteiger partial charge in [0.25, 0.3) is 5.91 Å². The smallest absolute Gasteiger partial charge is 0.259 e. The molecule has 4 rings (SSSR count). The Morgan fingerprint density at radius 3 is 2.68 bits per heavy atom. The fraction of sp³-hybridized carbons (Fsp3) is 0.348. The molecule has 1 aromatic heterocycles. The lowest BCUT2D eigenvalue weighted by atomic mass is 10.0. The standard InChI is InChI=1S/C23H26N2O3/c1-15-7-6-8-17(13-15)24-23(27)21-16(2)28-20-10-9-19(26)18(22(20)21)14-25-11-4-3-5-12-25/h6-10,13,26H,3-5,11-12,14H2,1-2H3,(H,24,27). The third-order valence-corrected chi connectivity index (χ3v) is 5.45. The van der Waals surface area contributed by atoms with Crippen LogP contribution in [0, 0.1) is 13.8 Å². The van der Waals surface area contributed by atoms with E-state index in [1.54, 1.807) is 19.1 Å². The van der Waals surface area contributed by atoms with Crippen LogP contribution in [-0.4, -0.2) is 29.0 Å². The van der Waals surface area contributed by atoms with E-state index in [1.165, 1.54) is 19.3 Å². The summed E-state index contributed by atoms with van der Waals surface area (Å²) in [6.07, 6.45) is 3.59. The minimum atomic E-state index is -0.215. The van der Waals surface area contributed by atoms with Gasteiger partial charge in [0, 0.05) is 23.2 Å². The van der Waals surface area contributed by atoms with Crippen molar-refractivity contribution in [3.8, 4) is 5.75 Å². The number of nitrogens with one attached hydrogen (secondary N) is 1. The lowest BCUT2D eigenvalue weighted by molar-refractivity contribution is 0.102. The molecular formula is C23H26N2O3. The van der Waals surface area contributed by atoms with E-state index in [1.807, 2.05) is 31.2 Å². The largest absolute Gasteiger partial charge is 0.508 e. The van der Waals surface area contributed by atoms with Crippen molar-refractivity contribution in [2.45, 2.75) is 39.7 Å². The number of anilines is 1. The number of furan rings is 1. The fourth-order valence-electron chi connectivity index (χ4n) is 4.06. The average molecular weight is 378 g/mol. The third kappa shape index (κ3) is 3.62. The minimum Gasteiger partial charge on any atom is -0.508 e. The van der Waals surface area contributed by atoms with Crippen LogP contribution in [0.15, 0.2) is 40.8 Å². The summed E-state index contributed by atoms with van der Waals surface area (Å²) in [6.45, 7) is 6.43. The van der Waals surface area contributed by atoms with Crippen molar-refractivity contribution in [3.63, 3.8) is 0 Å². The second-order valence-electron chi connectivity index (χ2n) is 7.63. The molecule has 1 aliphatic heterocycles. The molecule has 1 amide bonds. The summed E-state index contributed by atoms with van der Waals surface area (Å²) in [7, 11) is 0. The Kier molecular flexibility index (Phi) is 5.09. The van der Waals surface area contributed by atoms with Crippen molar-refractivity contribution < 1.29 is 14.3 Å². The van der Waals surface area contributed by atoms with Crippen LogP contribution in [0.1, 0.15) is 46.5 Å². The average Bonchev–Trinajstić information content (AvgIpc) is 3.01. The van der Waals surface area contributed by atoms with E-state index >= 15 is 0 Å². The highest BCUT2D eigenvalue weighted by Gasteiger charge is 2.24. The molecular weight excluding hydrogens is 352 g/mol. The van der Waals surface area contributed by atoms with Crippen molar-refractivity contribution >= 4 is 22.6 Å². The molecule has 5 nitrogen and oxygen atoms in total. The lowest BCUT2D eigenvalue weighted by Crippen LogP contribution is -2.29. The van der Waals surface area contributed by atoms with Crippen LogP contribution >= 0.6 is 0 Å². The van der Waals surface area contributed by atoms with E-state index in [4.69, 9.17) is 4.42 Å². The number of hydrogen-bond donors (Lipinski definition) is 2. The van der Waals surface area contributed by atoms with E-state index in [2.05, 4.69) is 10.2 Å². The lowest BCUT2D eigenvalue weighted by Gasteiger charge is -2.27. The summed E-state index contributed by atoms with van der Waals surface area (Å²) in [4.78, 5) is 15.4.